The number of nitrogens with one attached hydrogen (secondary N) is 1. The van der Waals surface area contributed by atoms with E-state index in [4.69, 9.17) is 31.2 Å². The Morgan fingerprint density at radius 3 is 2.63 bits per heavy atom. The van der Waals surface area contributed by atoms with Gasteiger partial charge in [-0.1, -0.05) is 48.0 Å². The number of epoxide rings is 1. The van der Waals surface area contributed by atoms with Crippen LogP contribution in [0.2, 0.25) is 5.02 Å². The predicted octanol–water partition coefficient (Wildman–Crippen LogP) is 5.89. The summed E-state index contributed by atoms with van der Waals surface area (Å²) in [5.74, 6) is 0.810. The molecule has 0 radical (unpaired) electrons. The largest absolute Gasteiger partial charge is 0.497 e. The first-order chi connectivity index (χ1) is 17.2. The first-order valence-electron chi connectivity index (χ1n) is 11.0. The molecule has 4 aromatic rings. The van der Waals surface area contributed by atoms with Gasteiger partial charge in [-0.3, -0.25) is 5.43 Å². The highest BCUT2D eigenvalue weighted by atomic mass is 35.5. The normalized spacial score (nSPS) is 19.8. The molecular weight excluding hydrogens is 482 g/mol. The van der Waals surface area contributed by atoms with E-state index < -0.39 is 0 Å². The number of thiazole rings is 1. The predicted molar refractivity (Wildman–Crippen MR) is 141 cm³/mol. The molecule has 0 amide bonds. The van der Waals surface area contributed by atoms with Crippen LogP contribution in [0.5, 0.6) is 5.75 Å². The number of nitrogens with zero attached hydrogens (tertiary/aromatic N) is 4. The van der Waals surface area contributed by atoms with Crippen LogP contribution < -0.4 is 15.2 Å². The van der Waals surface area contributed by atoms with Crippen LogP contribution >= 0.6 is 22.9 Å². The first kappa shape index (κ1) is 21.8. The molecule has 0 bridgehead atoms. The molecular formula is C26H20ClN5O2S. The quantitative estimate of drug-likeness (QED) is 0.263. The van der Waals surface area contributed by atoms with Crippen LogP contribution in [0.4, 0.5) is 10.8 Å². The maximum absolute atomic E-state index is 6.12. The number of halogens is 1. The number of aromatic nitrogens is 1. The molecule has 1 saturated heterocycles. The van der Waals surface area contributed by atoms with Crippen LogP contribution in [0.25, 0.3) is 11.3 Å². The molecule has 0 spiro atoms. The SMILES string of the molecule is COc1ccc(-c2csc(N3N=C(c4ccccc4)/C(=N\Nc4cccc(Cl)c4)C4OC43)n2)cc1. The molecule has 0 aliphatic carbocycles. The molecule has 7 nitrogen and oxygen atoms in total. The summed E-state index contributed by atoms with van der Waals surface area (Å²) in [7, 11) is 1.66. The summed E-state index contributed by atoms with van der Waals surface area (Å²) in [4.78, 5) is 4.84. The van der Waals surface area contributed by atoms with E-state index >= 15 is 0 Å². The summed E-state index contributed by atoms with van der Waals surface area (Å²) in [6, 6.07) is 25.2. The zero-order valence-electron chi connectivity index (χ0n) is 18.6. The van der Waals surface area contributed by atoms with Gasteiger partial charge in [0.15, 0.2) is 12.3 Å². The number of hydrazone groups is 2. The van der Waals surface area contributed by atoms with Gasteiger partial charge in [0, 0.05) is 21.5 Å². The molecule has 3 aromatic carbocycles. The van der Waals surface area contributed by atoms with Gasteiger partial charge >= 0.3 is 0 Å². The summed E-state index contributed by atoms with van der Waals surface area (Å²) in [5.41, 5.74) is 8.21. The summed E-state index contributed by atoms with van der Waals surface area (Å²) in [5, 5.41) is 14.9. The van der Waals surface area contributed by atoms with Crippen molar-refractivity contribution in [1.29, 1.82) is 0 Å². The maximum atomic E-state index is 6.12. The topological polar surface area (TPSA) is 74.6 Å². The third-order valence-corrected chi connectivity index (χ3v) is 6.75. The highest BCUT2D eigenvalue weighted by Gasteiger charge is 2.54. The molecule has 1 fully saturated rings. The van der Waals surface area contributed by atoms with Crippen molar-refractivity contribution in [3.63, 3.8) is 0 Å². The molecule has 1 N–H and O–H groups in total. The second kappa shape index (κ2) is 9.14. The third kappa shape index (κ3) is 4.39. The van der Waals surface area contributed by atoms with Gasteiger partial charge in [-0.05, 0) is 42.5 Å². The standard InChI is InChI=1S/C26H20ClN5O2S/c1-33-20-12-10-16(11-13-20)21-15-35-26(28-21)32-25-24(34-25)23(22(31-32)17-6-3-2-4-7-17)30-29-19-9-5-8-18(27)14-19/h2-15,24-25,29H,1H3/b30-23+. The zero-order valence-corrected chi connectivity index (χ0v) is 20.2. The van der Waals surface area contributed by atoms with Gasteiger partial charge < -0.3 is 9.47 Å². The third-order valence-electron chi connectivity index (χ3n) is 5.68. The van der Waals surface area contributed by atoms with Crippen molar-refractivity contribution in [1.82, 2.24) is 4.98 Å². The Morgan fingerprint density at radius 1 is 1.03 bits per heavy atom. The molecule has 2 unspecified atom stereocenters. The van der Waals surface area contributed by atoms with E-state index in [0.29, 0.717) is 5.02 Å². The minimum absolute atomic E-state index is 0.220. The number of anilines is 2. The molecule has 1 aromatic heterocycles. The van der Waals surface area contributed by atoms with E-state index in [1.54, 1.807) is 7.11 Å². The van der Waals surface area contributed by atoms with Crippen molar-refractivity contribution in [2.24, 2.45) is 10.2 Å². The number of hydrogen-bond acceptors (Lipinski definition) is 8. The fourth-order valence-corrected chi connectivity index (χ4v) is 4.86. The van der Waals surface area contributed by atoms with Crippen LogP contribution in [-0.4, -0.2) is 35.8 Å². The lowest BCUT2D eigenvalue weighted by Crippen LogP contribution is -2.37. The van der Waals surface area contributed by atoms with Crippen molar-refractivity contribution in [2.75, 3.05) is 17.5 Å². The monoisotopic (exact) mass is 501 g/mol. The number of hydrogen-bond donors (Lipinski definition) is 1. The van der Waals surface area contributed by atoms with Crippen LogP contribution in [0.1, 0.15) is 5.56 Å². The Hall–Kier alpha value is -3.72. The van der Waals surface area contributed by atoms with E-state index in [9.17, 15) is 0 Å². The van der Waals surface area contributed by atoms with Gasteiger partial charge in [0.1, 0.15) is 17.2 Å². The highest BCUT2D eigenvalue weighted by Crippen LogP contribution is 2.39. The van der Waals surface area contributed by atoms with E-state index in [2.05, 4.69) is 10.5 Å². The average molecular weight is 502 g/mol. The second-order valence-corrected chi connectivity index (χ2v) is 9.24. The number of fused-ring (bicyclic) bond motifs is 1. The van der Waals surface area contributed by atoms with Gasteiger partial charge in [0.25, 0.3) is 0 Å². The van der Waals surface area contributed by atoms with Crippen molar-refractivity contribution >= 4 is 45.2 Å². The van der Waals surface area contributed by atoms with E-state index in [1.807, 2.05) is 89.3 Å². The fourth-order valence-electron chi connectivity index (χ4n) is 3.86. The number of benzene rings is 3. The summed E-state index contributed by atoms with van der Waals surface area (Å²) >= 11 is 7.65. The van der Waals surface area contributed by atoms with E-state index in [1.165, 1.54) is 11.3 Å². The number of ether oxygens (including phenoxy) is 2. The zero-order chi connectivity index (χ0) is 23.8. The summed E-state index contributed by atoms with van der Waals surface area (Å²) < 4.78 is 11.3. The van der Waals surface area contributed by atoms with Crippen molar-refractivity contribution < 1.29 is 9.47 Å². The molecule has 6 rings (SSSR count). The Kier molecular flexibility index (Phi) is 5.69. The van der Waals surface area contributed by atoms with Crippen molar-refractivity contribution in [2.45, 2.75) is 12.3 Å². The second-order valence-electron chi connectivity index (χ2n) is 7.97. The minimum atomic E-state index is -0.253. The molecule has 174 valence electrons. The lowest BCUT2D eigenvalue weighted by atomic mass is 10.0. The van der Waals surface area contributed by atoms with Gasteiger partial charge in [0.2, 0.25) is 5.13 Å². The van der Waals surface area contributed by atoms with E-state index in [0.717, 1.165) is 44.8 Å². The van der Waals surface area contributed by atoms with Crippen LogP contribution in [0, 0.1) is 0 Å². The molecule has 2 aliphatic rings. The first-order valence-corrected chi connectivity index (χ1v) is 12.2. The molecule has 35 heavy (non-hydrogen) atoms. The smallest absolute Gasteiger partial charge is 0.209 e. The van der Waals surface area contributed by atoms with Gasteiger partial charge in [-0.15, -0.1) is 11.3 Å². The Balaban J connectivity index is 1.34. The molecule has 2 atom stereocenters. The average Bonchev–Trinajstić information content (AvgIpc) is 3.55. The summed E-state index contributed by atoms with van der Waals surface area (Å²) in [6.45, 7) is 0. The minimum Gasteiger partial charge on any atom is -0.497 e. The summed E-state index contributed by atoms with van der Waals surface area (Å²) in [6.07, 6.45) is -0.472. The molecule has 2 aliphatic heterocycles. The molecule has 0 saturated carbocycles. The Labute approximate surface area is 211 Å². The van der Waals surface area contributed by atoms with E-state index in [-0.39, 0.29) is 12.3 Å². The lowest BCUT2D eigenvalue weighted by molar-refractivity contribution is 0.390. The van der Waals surface area contributed by atoms with Gasteiger partial charge in [0.05, 0.1) is 18.5 Å². The molecule has 9 heteroatoms. The number of methoxy groups -OCH3 is 1. The highest BCUT2D eigenvalue weighted by molar-refractivity contribution is 7.14. The Morgan fingerprint density at radius 2 is 1.86 bits per heavy atom. The van der Waals surface area contributed by atoms with Crippen LogP contribution in [-0.2, 0) is 4.74 Å². The van der Waals surface area contributed by atoms with Crippen LogP contribution in [0.15, 0.2) is 94.4 Å². The fraction of sp³-hybridized carbons (Fsp3) is 0.115. The number of rotatable bonds is 6. The molecule has 3 heterocycles. The van der Waals surface area contributed by atoms with Crippen molar-refractivity contribution in [3.05, 3.63) is 94.8 Å². The van der Waals surface area contributed by atoms with Gasteiger partial charge in [-0.2, -0.15) is 10.2 Å². The maximum Gasteiger partial charge on any atom is 0.209 e. The van der Waals surface area contributed by atoms with Crippen LogP contribution in [0.3, 0.4) is 0 Å². The van der Waals surface area contributed by atoms with Gasteiger partial charge in [-0.25, -0.2) is 9.99 Å². The van der Waals surface area contributed by atoms with Crippen molar-refractivity contribution in [3.8, 4) is 17.0 Å². The Bertz CT molecular complexity index is 1420. The lowest BCUT2D eigenvalue weighted by Gasteiger charge is -2.21.